The summed E-state index contributed by atoms with van der Waals surface area (Å²) in [6, 6.07) is 17.1. The molecule has 29 heavy (non-hydrogen) atoms. The van der Waals surface area contributed by atoms with Crippen LogP contribution in [0.2, 0.25) is 0 Å². The lowest BCUT2D eigenvalue weighted by Crippen LogP contribution is -2.57. The van der Waals surface area contributed by atoms with Crippen LogP contribution in [0, 0.1) is 11.8 Å². The number of benzene rings is 2. The summed E-state index contributed by atoms with van der Waals surface area (Å²) < 4.78 is 12.0. The molecule has 5 aliphatic carbocycles. The first-order valence-corrected chi connectivity index (χ1v) is 11.1. The monoisotopic (exact) mass is 466 g/mol. The maximum absolute atomic E-state index is 7.45. The van der Waals surface area contributed by atoms with Crippen molar-refractivity contribution in [1.82, 2.24) is 0 Å². The van der Waals surface area contributed by atoms with Gasteiger partial charge >= 0.3 is 0 Å². The van der Waals surface area contributed by atoms with Crippen molar-refractivity contribution in [3.63, 3.8) is 0 Å². The zero-order valence-corrected chi connectivity index (χ0v) is 18.8. The van der Waals surface area contributed by atoms with Gasteiger partial charge in [0.15, 0.2) is 0 Å². The van der Waals surface area contributed by atoms with E-state index in [1.165, 1.54) is 22.3 Å². The lowest BCUT2D eigenvalue weighted by atomic mass is 9.51. The highest BCUT2D eigenvalue weighted by Gasteiger charge is 2.87. The Hall–Kier alpha value is -0.740. The highest BCUT2D eigenvalue weighted by molar-refractivity contribution is 6.52. The Balaban J connectivity index is 1.75. The second-order valence-electron chi connectivity index (χ2n) is 8.34. The molecule has 4 atom stereocenters. The molecule has 6 heteroatoms. The number of fused-ring (bicyclic) bond motifs is 2. The van der Waals surface area contributed by atoms with Crippen LogP contribution in [-0.2, 0) is 9.47 Å². The number of halogens is 4. The zero-order valence-electron chi connectivity index (χ0n) is 15.8. The van der Waals surface area contributed by atoms with Crippen LogP contribution in [-0.4, -0.2) is 29.8 Å². The van der Waals surface area contributed by atoms with Crippen molar-refractivity contribution in [3.05, 3.63) is 80.8 Å². The Labute approximate surface area is 189 Å². The maximum Gasteiger partial charge on any atom is 0.217 e. The molecule has 5 aliphatic rings. The maximum atomic E-state index is 7.45. The van der Waals surface area contributed by atoms with Crippen LogP contribution in [0.1, 0.15) is 34.1 Å². The molecule has 0 aliphatic heterocycles. The molecule has 1 fully saturated rings. The Morgan fingerprint density at radius 3 is 1.24 bits per heavy atom. The molecule has 0 aromatic heterocycles. The van der Waals surface area contributed by atoms with Crippen molar-refractivity contribution < 1.29 is 9.47 Å². The lowest BCUT2D eigenvalue weighted by Gasteiger charge is -2.54. The molecule has 0 heterocycles. The van der Waals surface area contributed by atoms with Gasteiger partial charge in [-0.1, -0.05) is 71.7 Å². The molecule has 0 spiro atoms. The van der Waals surface area contributed by atoms with Crippen molar-refractivity contribution in [2.45, 2.75) is 27.4 Å². The first-order chi connectivity index (χ1) is 13.9. The first kappa shape index (κ1) is 19.0. The van der Waals surface area contributed by atoms with Crippen LogP contribution >= 0.6 is 46.4 Å². The molecule has 7 rings (SSSR count). The minimum atomic E-state index is -1.37. The van der Waals surface area contributed by atoms with Crippen LogP contribution < -0.4 is 0 Å². The Morgan fingerprint density at radius 1 is 0.655 bits per heavy atom. The molecule has 2 nitrogen and oxygen atoms in total. The van der Waals surface area contributed by atoms with Crippen LogP contribution in [0.15, 0.2) is 58.6 Å². The predicted octanol–water partition coefficient (Wildman–Crippen LogP) is 6.17. The van der Waals surface area contributed by atoms with Crippen molar-refractivity contribution in [2.75, 3.05) is 14.2 Å². The summed E-state index contributed by atoms with van der Waals surface area (Å²) in [5.41, 5.74) is 5.08. The average Bonchev–Trinajstić information content (AvgIpc) is 3.02. The van der Waals surface area contributed by atoms with E-state index in [-0.39, 0.29) is 23.7 Å². The summed E-state index contributed by atoms with van der Waals surface area (Å²) >= 11 is 28.5. The van der Waals surface area contributed by atoms with Crippen LogP contribution in [0.4, 0.5) is 0 Å². The van der Waals surface area contributed by atoms with Crippen molar-refractivity contribution in [2.24, 2.45) is 11.8 Å². The van der Waals surface area contributed by atoms with E-state index in [0.717, 1.165) is 0 Å². The van der Waals surface area contributed by atoms with Gasteiger partial charge in [0.25, 0.3) is 0 Å². The molecule has 2 aromatic rings. The average molecular weight is 468 g/mol. The van der Waals surface area contributed by atoms with Gasteiger partial charge in [0.05, 0.1) is 10.1 Å². The highest BCUT2D eigenvalue weighted by atomic mass is 35.5. The predicted molar refractivity (Wildman–Crippen MR) is 116 cm³/mol. The third kappa shape index (κ3) is 1.70. The van der Waals surface area contributed by atoms with Gasteiger partial charge < -0.3 is 9.47 Å². The zero-order chi connectivity index (χ0) is 20.3. The van der Waals surface area contributed by atoms with Crippen LogP contribution in [0.5, 0.6) is 0 Å². The molecule has 0 amide bonds. The van der Waals surface area contributed by atoms with Gasteiger partial charge in [-0.2, -0.15) is 0 Å². The van der Waals surface area contributed by atoms with Crippen molar-refractivity contribution in [3.8, 4) is 0 Å². The number of rotatable bonds is 2. The van der Waals surface area contributed by atoms with Crippen LogP contribution in [0.3, 0.4) is 0 Å². The van der Waals surface area contributed by atoms with Crippen molar-refractivity contribution in [1.29, 1.82) is 0 Å². The number of alkyl halides is 2. The molecule has 0 N–H and O–H groups in total. The summed E-state index contributed by atoms with van der Waals surface area (Å²) in [5, 5.41) is 0.673. The summed E-state index contributed by atoms with van der Waals surface area (Å²) in [7, 11) is 3.13. The van der Waals surface area contributed by atoms with Gasteiger partial charge in [-0.05, 0) is 22.3 Å². The Bertz CT molecular complexity index is 966. The van der Waals surface area contributed by atoms with Gasteiger partial charge in [0.1, 0.15) is 9.75 Å². The summed E-state index contributed by atoms with van der Waals surface area (Å²) in [4.78, 5) is -2.38. The Morgan fingerprint density at radius 2 is 0.966 bits per heavy atom. The molecule has 1 saturated carbocycles. The van der Waals surface area contributed by atoms with Gasteiger partial charge in [-0.3, -0.25) is 0 Å². The molecule has 2 aromatic carbocycles. The highest BCUT2D eigenvalue weighted by Crippen LogP contribution is 2.81. The second-order valence-corrected chi connectivity index (χ2v) is 10.3. The van der Waals surface area contributed by atoms with Gasteiger partial charge in [-0.15, -0.1) is 23.2 Å². The molecular formula is C23H18Cl4O2. The summed E-state index contributed by atoms with van der Waals surface area (Å²) in [6.07, 6.45) is 0. The largest absolute Gasteiger partial charge is 0.350 e. The number of hydrogen-bond acceptors (Lipinski definition) is 2. The van der Waals surface area contributed by atoms with E-state index >= 15 is 0 Å². The van der Waals surface area contributed by atoms with Crippen molar-refractivity contribution >= 4 is 46.4 Å². The van der Waals surface area contributed by atoms with E-state index in [0.29, 0.717) is 10.1 Å². The number of ether oxygens (including phenoxy) is 2. The SMILES string of the molecule is COC1(OC)[C@@]2(Cl)C(Cl)=C(Cl)[C@@]1(Cl)[C@H]1C3c4ccccc4C(c4ccccc43)[C@@H]12. The van der Waals surface area contributed by atoms with E-state index in [2.05, 4.69) is 48.5 Å². The first-order valence-electron chi connectivity index (χ1n) is 9.62. The minimum Gasteiger partial charge on any atom is -0.350 e. The fourth-order valence-electron chi connectivity index (χ4n) is 6.91. The molecule has 0 radical (unpaired) electrons. The lowest BCUT2D eigenvalue weighted by molar-refractivity contribution is -0.220. The van der Waals surface area contributed by atoms with Crippen LogP contribution in [0.25, 0.3) is 0 Å². The third-order valence-corrected chi connectivity index (χ3v) is 10.4. The van der Waals surface area contributed by atoms with E-state index < -0.39 is 15.5 Å². The fraction of sp³-hybridized carbons (Fsp3) is 0.391. The molecule has 0 saturated heterocycles. The quantitative estimate of drug-likeness (QED) is 0.388. The van der Waals surface area contributed by atoms with Gasteiger partial charge in [-0.25, -0.2) is 0 Å². The topological polar surface area (TPSA) is 18.5 Å². The standard InChI is InChI=1S/C23H18Cl4O2/c1-28-23(29-2)21(26)17-15-11-7-3-4-8-12(11)16(14-10-6-5-9-13(14)15)18(17)22(23,27)20(25)19(21)24/h3-10,15-18H,1-2H3/t15?,16?,17-,18-,21-,22-/m0/s1. The normalized spacial score (nSPS) is 40.1. The number of hydrogen-bond donors (Lipinski definition) is 0. The third-order valence-electron chi connectivity index (χ3n) is 7.72. The smallest absolute Gasteiger partial charge is 0.217 e. The minimum absolute atomic E-state index is 0.0266. The molecule has 150 valence electrons. The fourth-order valence-corrected chi connectivity index (χ4v) is 9.18. The summed E-state index contributed by atoms with van der Waals surface area (Å²) in [5.74, 6) is -1.55. The van der Waals surface area contributed by atoms with E-state index in [1.807, 2.05) is 0 Å². The van der Waals surface area contributed by atoms with Gasteiger partial charge in [0.2, 0.25) is 5.79 Å². The second kappa shape index (κ2) is 5.73. The van der Waals surface area contributed by atoms with E-state index in [4.69, 9.17) is 55.9 Å². The molecule has 4 bridgehead atoms. The number of methoxy groups -OCH3 is 2. The van der Waals surface area contributed by atoms with E-state index in [9.17, 15) is 0 Å². The van der Waals surface area contributed by atoms with E-state index in [1.54, 1.807) is 14.2 Å². The molecule has 0 unspecified atom stereocenters. The summed E-state index contributed by atoms with van der Waals surface area (Å²) in [6.45, 7) is 0. The molecular weight excluding hydrogens is 450 g/mol. The van der Waals surface area contributed by atoms with Gasteiger partial charge in [0, 0.05) is 37.9 Å². The Kier molecular flexibility index (Phi) is 3.75.